The van der Waals surface area contributed by atoms with Crippen molar-refractivity contribution in [2.75, 3.05) is 31.1 Å². The Morgan fingerprint density at radius 1 is 1.00 bits per heavy atom. The summed E-state index contributed by atoms with van der Waals surface area (Å²) in [4.78, 5) is 25.3. The van der Waals surface area contributed by atoms with E-state index in [-0.39, 0.29) is 5.91 Å². The Balaban J connectivity index is 1.39. The molecule has 0 aliphatic carbocycles. The Morgan fingerprint density at radius 3 is 2.35 bits per heavy atom. The van der Waals surface area contributed by atoms with Gasteiger partial charge in [-0.3, -0.25) is 9.48 Å². The summed E-state index contributed by atoms with van der Waals surface area (Å²) in [6.45, 7) is 9.63. The lowest BCUT2D eigenvalue weighted by Gasteiger charge is -2.34. The number of amides is 1. The molecule has 7 heteroatoms. The standard InChI is InChI=1S/C24H28N6O/c1-18-5-7-21(8-6-18)17-30-20(3)22(19(2)27-30)9-10-23(31)28-13-15-29(16-14-28)24-25-11-4-12-26-24/h4-12H,13-17H2,1-3H3/b10-9+. The summed E-state index contributed by atoms with van der Waals surface area (Å²) in [6.07, 6.45) is 7.05. The molecule has 1 aromatic carbocycles. The molecule has 1 aliphatic rings. The van der Waals surface area contributed by atoms with Crippen molar-refractivity contribution in [1.82, 2.24) is 24.6 Å². The highest BCUT2D eigenvalue weighted by atomic mass is 16.2. The Labute approximate surface area is 183 Å². The number of aryl methyl sites for hydroxylation is 2. The van der Waals surface area contributed by atoms with E-state index < -0.39 is 0 Å². The maximum Gasteiger partial charge on any atom is 0.246 e. The molecule has 0 bridgehead atoms. The number of piperazine rings is 1. The zero-order chi connectivity index (χ0) is 21.8. The number of anilines is 1. The molecule has 3 aromatic rings. The van der Waals surface area contributed by atoms with E-state index in [0.29, 0.717) is 13.1 Å². The summed E-state index contributed by atoms with van der Waals surface area (Å²) in [7, 11) is 0. The molecule has 160 valence electrons. The van der Waals surface area contributed by atoms with Gasteiger partial charge in [-0.1, -0.05) is 29.8 Å². The van der Waals surface area contributed by atoms with Gasteiger partial charge in [0.1, 0.15) is 0 Å². The molecule has 3 heterocycles. The summed E-state index contributed by atoms with van der Waals surface area (Å²) < 4.78 is 2.00. The quantitative estimate of drug-likeness (QED) is 0.598. The molecule has 1 saturated heterocycles. The minimum atomic E-state index is 0.0266. The molecule has 0 unspecified atom stereocenters. The molecule has 4 rings (SSSR count). The van der Waals surface area contributed by atoms with E-state index in [1.165, 1.54) is 11.1 Å². The first-order valence-electron chi connectivity index (χ1n) is 10.6. The average molecular weight is 417 g/mol. The zero-order valence-electron chi connectivity index (χ0n) is 18.3. The largest absolute Gasteiger partial charge is 0.337 e. The zero-order valence-corrected chi connectivity index (χ0v) is 18.3. The van der Waals surface area contributed by atoms with Crippen LogP contribution in [0.15, 0.2) is 48.8 Å². The van der Waals surface area contributed by atoms with Crippen molar-refractivity contribution in [3.8, 4) is 0 Å². The minimum Gasteiger partial charge on any atom is -0.337 e. The van der Waals surface area contributed by atoms with Crippen molar-refractivity contribution in [2.24, 2.45) is 0 Å². The predicted octanol–water partition coefficient (Wildman–Crippen LogP) is 3.01. The minimum absolute atomic E-state index is 0.0266. The number of carbonyl (C=O) groups excluding carboxylic acids is 1. The van der Waals surface area contributed by atoms with Crippen LogP contribution in [0.3, 0.4) is 0 Å². The lowest BCUT2D eigenvalue weighted by Crippen LogP contribution is -2.48. The molecule has 1 amide bonds. The first-order chi connectivity index (χ1) is 15.0. The second kappa shape index (κ2) is 9.12. The lowest BCUT2D eigenvalue weighted by atomic mass is 10.1. The van der Waals surface area contributed by atoms with Crippen LogP contribution in [-0.4, -0.2) is 56.7 Å². The van der Waals surface area contributed by atoms with Gasteiger partial charge in [-0.25, -0.2) is 9.97 Å². The topological polar surface area (TPSA) is 67.2 Å². The van der Waals surface area contributed by atoms with Crippen molar-refractivity contribution in [2.45, 2.75) is 27.3 Å². The van der Waals surface area contributed by atoms with Crippen LogP contribution in [0.4, 0.5) is 5.95 Å². The van der Waals surface area contributed by atoms with Crippen molar-refractivity contribution in [1.29, 1.82) is 0 Å². The molecule has 0 atom stereocenters. The Bertz CT molecular complexity index is 1060. The van der Waals surface area contributed by atoms with Gasteiger partial charge in [-0.2, -0.15) is 5.10 Å². The normalized spacial score (nSPS) is 14.4. The second-order valence-electron chi connectivity index (χ2n) is 7.92. The average Bonchev–Trinajstić information content (AvgIpc) is 3.06. The number of nitrogens with zero attached hydrogens (tertiary/aromatic N) is 6. The number of benzene rings is 1. The van der Waals surface area contributed by atoms with Gasteiger partial charge in [-0.15, -0.1) is 0 Å². The first kappa shape index (κ1) is 20.8. The third kappa shape index (κ3) is 4.82. The van der Waals surface area contributed by atoms with Crippen LogP contribution in [0, 0.1) is 20.8 Å². The Morgan fingerprint density at radius 2 is 1.68 bits per heavy atom. The van der Waals surface area contributed by atoms with Crippen molar-refractivity contribution in [3.05, 3.63) is 76.9 Å². The highest BCUT2D eigenvalue weighted by molar-refractivity contribution is 5.92. The molecule has 1 aliphatic heterocycles. The van der Waals surface area contributed by atoms with Crippen LogP contribution in [0.1, 0.15) is 28.1 Å². The van der Waals surface area contributed by atoms with Crippen molar-refractivity contribution < 1.29 is 4.79 Å². The third-order valence-corrected chi connectivity index (χ3v) is 5.71. The molecular formula is C24H28N6O. The number of rotatable bonds is 5. The van der Waals surface area contributed by atoms with Gasteiger partial charge in [0.2, 0.25) is 11.9 Å². The first-order valence-corrected chi connectivity index (χ1v) is 10.6. The van der Waals surface area contributed by atoms with Gasteiger partial charge in [0.05, 0.1) is 12.2 Å². The van der Waals surface area contributed by atoms with Crippen LogP contribution in [0.2, 0.25) is 0 Å². The summed E-state index contributed by atoms with van der Waals surface area (Å²) >= 11 is 0. The number of aromatic nitrogens is 4. The van der Waals surface area contributed by atoms with E-state index in [0.717, 1.165) is 42.5 Å². The van der Waals surface area contributed by atoms with Crippen LogP contribution < -0.4 is 4.90 Å². The van der Waals surface area contributed by atoms with Crippen molar-refractivity contribution in [3.63, 3.8) is 0 Å². The van der Waals surface area contributed by atoms with Gasteiger partial charge in [-0.05, 0) is 38.5 Å². The fraction of sp³-hybridized carbons (Fsp3) is 0.333. The number of carbonyl (C=O) groups is 1. The summed E-state index contributed by atoms with van der Waals surface area (Å²) in [5.74, 6) is 0.746. The van der Waals surface area contributed by atoms with Gasteiger partial charge in [0, 0.05) is 55.9 Å². The maximum absolute atomic E-state index is 12.7. The van der Waals surface area contributed by atoms with E-state index in [1.807, 2.05) is 22.6 Å². The summed E-state index contributed by atoms with van der Waals surface area (Å²) in [5.41, 5.74) is 5.46. The van der Waals surface area contributed by atoms with Crippen molar-refractivity contribution >= 4 is 17.9 Å². The van der Waals surface area contributed by atoms with E-state index in [9.17, 15) is 4.79 Å². The van der Waals surface area contributed by atoms with Crippen LogP contribution in [-0.2, 0) is 11.3 Å². The molecule has 0 radical (unpaired) electrons. The van der Waals surface area contributed by atoms with Gasteiger partial charge in [0.25, 0.3) is 0 Å². The molecular weight excluding hydrogens is 388 g/mol. The number of hydrogen-bond donors (Lipinski definition) is 0. The Hall–Kier alpha value is -3.48. The predicted molar refractivity (Wildman–Crippen MR) is 122 cm³/mol. The third-order valence-electron chi connectivity index (χ3n) is 5.71. The SMILES string of the molecule is Cc1ccc(Cn2nc(C)c(/C=C/C(=O)N3CCN(c4ncccn4)CC3)c2C)cc1. The molecule has 0 saturated carbocycles. The van der Waals surface area contributed by atoms with Gasteiger partial charge >= 0.3 is 0 Å². The fourth-order valence-electron chi connectivity index (χ4n) is 3.81. The Kier molecular flexibility index (Phi) is 6.11. The molecule has 1 fully saturated rings. The smallest absolute Gasteiger partial charge is 0.246 e. The van der Waals surface area contributed by atoms with E-state index >= 15 is 0 Å². The molecule has 2 aromatic heterocycles. The lowest BCUT2D eigenvalue weighted by molar-refractivity contribution is -0.126. The fourth-order valence-corrected chi connectivity index (χ4v) is 3.81. The monoisotopic (exact) mass is 416 g/mol. The van der Waals surface area contributed by atoms with Crippen LogP contribution >= 0.6 is 0 Å². The van der Waals surface area contributed by atoms with E-state index in [2.05, 4.69) is 58.1 Å². The van der Waals surface area contributed by atoms with Crippen LogP contribution in [0.25, 0.3) is 6.08 Å². The second-order valence-corrected chi connectivity index (χ2v) is 7.92. The maximum atomic E-state index is 12.7. The van der Waals surface area contributed by atoms with Gasteiger partial charge in [0.15, 0.2) is 0 Å². The molecule has 0 N–H and O–H groups in total. The van der Waals surface area contributed by atoms with Crippen LogP contribution in [0.5, 0.6) is 0 Å². The highest BCUT2D eigenvalue weighted by Gasteiger charge is 2.21. The summed E-state index contributed by atoms with van der Waals surface area (Å²) in [6, 6.07) is 10.3. The van der Waals surface area contributed by atoms with Gasteiger partial charge < -0.3 is 9.80 Å². The molecule has 31 heavy (non-hydrogen) atoms. The number of hydrogen-bond acceptors (Lipinski definition) is 5. The van der Waals surface area contributed by atoms with E-state index in [1.54, 1.807) is 24.5 Å². The molecule has 7 nitrogen and oxygen atoms in total. The summed E-state index contributed by atoms with van der Waals surface area (Å²) in [5, 5.41) is 4.68. The highest BCUT2D eigenvalue weighted by Crippen LogP contribution is 2.17. The molecule has 0 spiro atoms. The van der Waals surface area contributed by atoms with E-state index in [4.69, 9.17) is 0 Å².